The summed E-state index contributed by atoms with van der Waals surface area (Å²) in [5.41, 5.74) is 1.59. The van der Waals surface area contributed by atoms with Crippen molar-refractivity contribution in [1.29, 1.82) is 0 Å². The van der Waals surface area contributed by atoms with Crippen LogP contribution in [-0.2, 0) is 11.4 Å². The molecule has 3 rings (SSSR count). The van der Waals surface area contributed by atoms with Crippen LogP contribution in [0.4, 0.5) is 0 Å². The largest absolute Gasteiger partial charge is 0.487 e. The Hall–Kier alpha value is -2.87. The van der Waals surface area contributed by atoms with Crippen molar-refractivity contribution in [3.05, 3.63) is 64.9 Å². The molecule has 0 aliphatic rings. The molecule has 0 fully saturated rings. The van der Waals surface area contributed by atoms with Gasteiger partial charge in [-0.25, -0.2) is 9.48 Å². The first-order valence-corrected chi connectivity index (χ1v) is 8.14. The van der Waals surface area contributed by atoms with E-state index in [4.69, 9.17) is 14.6 Å². The number of hydrogen-bond donors (Lipinski definition) is 1. The van der Waals surface area contributed by atoms with Crippen molar-refractivity contribution in [2.45, 2.75) is 6.61 Å². The zero-order valence-corrected chi connectivity index (χ0v) is 14.6. The Kier molecular flexibility index (Phi) is 5.30. The highest BCUT2D eigenvalue weighted by molar-refractivity contribution is 9.10. The molecule has 1 N–H and O–H groups in total. The average molecular weight is 404 g/mol. The molecule has 2 aromatic carbocycles. The van der Waals surface area contributed by atoms with Gasteiger partial charge < -0.3 is 14.6 Å². The van der Waals surface area contributed by atoms with Crippen molar-refractivity contribution in [3.63, 3.8) is 0 Å². The highest BCUT2D eigenvalue weighted by atomic mass is 79.9. The van der Waals surface area contributed by atoms with Crippen LogP contribution in [0.25, 0.3) is 5.69 Å². The molecule has 0 spiro atoms. The molecule has 128 valence electrons. The topological polar surface area (TPSA) is 86.5 Å². The lowest BCUT2D eigenvalue weighted by Crippen LogP contribution is -2.09. The predicted molar refractivity (Wildman–Crippen MR) is 93.0 cm³/mol. The Morgan fingerprint density at radius 3 is 2.32 bits per heavy atom. The highest BCUT2D eigenvalue weighted by Gasteiger charge is 2.05. The lowest BCUT2D eigenvalue weighted by molar-refractivity contribution is -0.139. The predicted octanol–water partition coefficient (Wildman–Crippen LogP) is 3.07. The summed E-state index contributed by atoms with van der Waals surface area (Å²) < 4.78 is 13.4. The van der Waals surface area contributed by atoms with E-state index in [0.29, 0.717) is 17.2 Å². The van der Waals surface area contributed by atoms with E-state index in [2.05, 4.69) is 26.2 Å². The molecular formula is C17H14BrN3O4. The van der Waals surface area contributed by atoms with Crippen LogP contribution in [-0.4, -0.2) is 32.7 Å². The minimum absolute atomic E-state index is 0.270. The molecule has 25 heavy (non-hydrogen) atoms. The third-order valence-corrected chi connectivity index (χ3v) is 3.73. The van der Waals surface area contributed by atoms with Crippen LogP contribution in [0.15, 0.2) is 59.2 Å². The molecule has 0 amide bonds. The summed E-state index contributed by atoms with van der Waals surface area (Å²) in [6.45, 7) is -0.106. The van der Waals surface area contributed by atoms with E-state index in [1.54, 1.807) is 35.1 Å². The summed E-state index contributed by atoms with van der Waals surface area (Å²) in [4.78, 5) is 10.5. The van der Waals surface area contributed by atoms with Gasteiger partial charge in [-0.15, -0.1) is 5.10 Å². The number of hydrogen-bond acceptors (Lipinski definition) is 5. The molecule has 0 radical (unpaired) electrons. The van der Waals surface area contributed by atoms with E-state index in [1.165, 1.54) is 0 Å². The molecule has 0 aliphatic heterocycles. The number of rotatable bonds is 7. The van der Waals surface area contributed by atoms with E-state index in [-0.39, 0.29) is 13.2 Å². The number of benzene rings is 2. The Morgan fingerprint density at radius 1 is 1.04 bits per heavy atom. The molecule has 1 heterocycles. The van der Waals surface area contributed by atoms with Crippen molar-refractivity contribution in [3.8, 4) is 17.2 Å². The molecule has 0 saturated carbocycles. The molecule has 1 aromatic heterocycles. The average Bonchev–Trinajstić information content (AvgIpc) is 3.08. The minimum Gasteiger partial charge on any atom is -0.487 e. The molecule has 0 atom stereocenters. The maximum Gasteiger partial charge on any atom is 0.341 e. The van der Waals surface area contributed by atoms with Crippen molar-refractivity contribution in [2.24, 2.45) is 0 Å². The second-order valence-electron chi connectivity index (χ2n) is 5.07. The fourth-order valence-electron chi connectivity index (χ4n) is 2.02. The molecular weight excluding hydrogens is 390 g/mol. The third kappa shape index (κ3) is 4.80. The van der Waals surface area contributed by atoms with Gasteiger partial charge in [0.05, 0.1) is 11.9 Å². The third-order valence-electron chi connectivity index (χ3n) is 3.20. The fourth-order valence-corrected chi connectivity index (χ4v) is 2.28. The van der Waals surface area contributed by atoms with Crippen molar-refractivity contribution < 1.29 is 19.4 Å². The van der Waals surface area contributed by atoms with Gasteiger partial charge in [-0.3, -0.25) is 0 Å². The zero-order chi connectivity index (χ0) is 17.6. The van der Waals surface area contributed by atoms with Crippen LogP contribution in [0, 0.1) is 0 Å². The summed E-state index contributed by atoms with van der Waals surface area (Å²) >= 11 is 3.39. The summed E-state index contributed by atoms with van der Waals surface area (Å²) in [5.74, 6) is 0.0750. The standard InChI is InChI=1S/C17H14BrN3O4/c18-12-1-3-14(4-2-12)21-9-13(19-20-21)10-24-15-5-7-16(8-6-15)25-11-17(22)23/h1-9H,10-11H2,(H,22,23). The Bertz CT molecular complexity index is 847. The van der Waals surface area contributed by atoms with Gasteiger partial charge in [-0.1, -0.05) is 21.1 Å². The van der Waals surface area contributed by atoms with Gasteiger partial charge in [0.25, 0.3) is 0 Å². The number of aliphatic carboxylic acids is 1. The van der Waals surface area contributed by atoms with Gasteiger partial charge in [0, 0.05) is 4.47 Å². The van der Waals surface area contributed by atoms with Gasteiger partial charge >= 0.3 is 5.97 Å². The second-order valence-corrected chi connectivity index (χ2v) is 5.99. The van der Waals surface area contributed by atoms with Crippen LogP contribution < -0.4 is 9.47 Å². The first-order valence-electron chi connectivity index (χ1n) is 7.35. The molecule has 0 bridgehead atoms. The highest BCUT2D eigenvalue weighted by Crippen LogP contribution is 2.19. The number of aromatic nitrogens is 3. The normalized spacial score (nSPS) is 10.4. The number of carboxylic acid groups (broad SMARTS) is 1. The Morgan fingerprint density at radius 2 is 1.68 bits per heavy atom. The van der Waals surface area contributed by atoms with Crippen molar-refractivity contribution in [1.82, 2.24) is 15.0 Å². The van der Waals surface area contributed by atoms with Crippen LogP contribution >= 0.6 is 15.9 Å². The lowest BCUT2D eigenvalue weighted by atomic mass is 10.3. The smallest absolute Gasteiger partial charge is 0.341 e. The fraction of sp³-hybridized carbons (Fsp3) is 0.118. The monoisotopic (exact) mass is 403 g/mol. The molecule has 3 aromatic rings. The summed E-state index contributed by atoms with van der Waals surface area (Å²) in [6.07, 6.45) is 1.80. The van der Waals surface area contributed by atoms with Crippen molar-refractivity contribution >= 4 is 21.9 Å². The van der Waals surface area contributed by atoms with E-state index in [9.17, 15) is 4.79 Å². The maximum atomic E-state index is 10.5. The van der Waals surface area contributed by atoms with E-state index < -0.39 is 5.97 Å². The molecule has 8 heteroatoms. The first kappa shape index (κ1) is 17.0. The minimum atomic E-state index is -1.02. The molecule has 0 aliphatic carbocycles. The van der Waals surface area contributed by atoms with Gasteiger partial charge in [-0.2, -0.15) is 0 Å². The summed E-state index contributed by atoms with van der Waals surface area (Å²) in [7, 11) is 0. The van der Waals surface area contributed by atoms with Crippen LogP contribution in [0.5, 0.6) is 11.5 Å². The SMILES string of the molecule is O=C(O)COc1ccc(OCc2cn(-c3ccc(Br)cc3)nn2)cc1. The summed E-state index contributed by atoms with van der Waals surface area (Å²) in [5, 5.41) is 16.7. The van der Waals surface area contributed by atoms with Gasteiger partial charge in [-0.05, 0) is 48.5 Å². The Balaban J connectivity index is 1.57. The van der Waals surface area contributed by atoms with Gasteiger partial charge in [0.2, 0.25) is 0 Å². The second kappa shape index (κ2) is 7.80. The van der Waals surface area contributed by atoms with Gasteiger partial charge in [0.1, 0.15) is 23.8 Å². The van der Waals surface area contributed by atoms with E-state index in [0.717, 1.165) is 10.2 Å². The molecule has 0 unspecified atom stereocenters. The number of carbonyl (C=O) groups is 1. The number of halogens is 1. The number of ether oxygens (including phenoxy) is 2. The number of carboxylic acids is 1. The van der Waals surface area contributed by atoms with Crippen LogP contribution in [0.2, 0.25) is 0 Å². The van der Waals surface area contributed by atoms with Gasteiger partial charge in [0.15, 0.2) is 6.61 Å². The first-order chi connectivity index (χ1) is 12.1. The van der Waals surface area contributed by atoms with Crippen LogP contribution in [0.1, 0.15) is 5.69 Å². The maximum absolute atomic E-state index is 10.5. The number of nitrogens with zero attached hydrogens (tertiary/aromatic N) is 3. The summed E-state index contributed by atoms with van der Waals surface area (Å²) in [6, 6.07) is 14.4. The van der Waals surface area contributed by atoms with E-state index in [1.807, 2.05) is 24.3 Å². The quantitative estimate of drug-likeness (QED) is 0.652. The lowest BCUT2D eigenvalue weighted by Gasteiger charge is -2.06. The van der Waals surface area contributed by atoms with Crippen molar-refractivity contribution in [2.75, 3.05) is 6.61 Å². The van der Waals surface area contributed by atoms with E-state index >= 15 is 0 Å². The van der Waals surface area contributed by atoms with Crippen LogP contribution in [0.3, 0.4) is 0 Å². The Labute approximate surface area is 151 Å². The molecule has 7 nitrogen and oxygen atoms in total. The zero-order valence-electron chi connectivity index (χ0n) is 13.0. The molecule has 0 saturated heterocycles.